The van der Waals surface area contributed by atoms with Gasteiger partial charge >= 0.3 is 5.97 Å². The Morgan fingerprint density at radius 3 is 2.30 bits per heavy atom. The number of hydrogen-bond donors (Lipinski definition) is 6. The Bertz CT molecular complexity index is 600. The van der Waals surface area contributed by atoms with Crippen LogP contribution in [0.1, 0.15) is 39.5 Å². The molecule has 5 atom stereocenters. The van der Waals surface area contributed by atoms with Crippen LogP contribution >= 0.6 is 11.8 Å². The smallest absolute Gasteiger partial charge is 0.328 e. The van der Waals surface area contributed by atoms with Gasteiger partial charge in [-0.2, -0.15) is 11.8 Å². The fourth-order valence-electron chi connectivity index (χ4n) is 3.09. The van der Waals surface area contributed by atoms with Crippen molar-refractivity contribution in [2.24, 2.45) is 5.92 Å². The van der Waals surface area contributed by atoms with E-state index >= 15 is 0 Å². The summed E-state index contributed by atoms with van der Waals surface area (Å²) in [5, 5.41) is 29.0. The van der Waals surface area contributed by atoms with Crippen molar-refractivity contribution in [1.82, 2.24) is 21.3 Å². The number of carboxylic acid groups (broad SMARTS) is 1. The molecule has 0 bridgehead atoms. The van der Waals surface area contributed by atoms with Crippen molar-refractivity contribution in [3.05, 3.63) is 0 Å². The lowest BCUT2D eigenvalue weighted by Crippen LogP contribution is -2.59. The van der Waals surface area contributed by atoms with Crippen LogP contribution in [0.5, 0.6) is 0 Å². The summed E-state index contributed by atoms with van der Waals surface area (Å²) >= 11 is 1.48. The molecule has 1 saturated heterocycles. The van der Waals surface area contributed by atoms with E-state index in [1.165, 1.54) is 11.8 Å². The molecule has 1 rings (SSSR count). The number of carboxylic acids is 1. The second-order valence-electron chi connectivity index (χ2n) is 7.45. The Morgan fingerprint density at radius 2 is 1.80 bits per heavy atom. The number of amides is 3. The van der Waals surface area contributed by atoms with Gasteiger partial charge in [0.25, 0.3) is 0 Å². The molecule has 0 saturated carbocycles. The van der Waals surface area contributed by atoms with Gasteiger partial charge < -0.3 is 31.5 Å². The van der Waals surface area contributed by atoms with Crippen molar-refractivity contribution in [3.8, 4) is 0 Å². The molecule has 0 aromatic heterocycles. The first-order valence-corrected chi connectivity index (χ1v) is 11.6. The summed E-state index contributed by atoms with van der Waals surface area (Å²) in [7, 11) is 0. The van der Waals surface area contributed by atoms with Gasteiger partial charge in [0.15, 0.2) is 0 Å². The molecule has 1 aliphatic heterocycles. The van der Waals surface area contributed by atoms with Gasteiger partial charge in [0.05, 0.1) is 12.6 Å². The third-order valence-electron chi connectivity index (χ3n) is 5.21. The van der Waals surface area contributed by atoms with Gasteiger partial charge in [0.1, 0.15) is 18.1 Å². The third kappa shape index (κ3) is 8.11. The number of carbonyl (C=O) groups excluding carboxylic acids is 3. The zero-order valence-electron chi connectivity index (χ0n) is 17.8. The number of rotatable bonds is 13. The van der Waals surface area contributed by atoms with Crippen molar-refractivity contribution in [2.75, 3.05) is 25.2 Å². The van der Waals surface area contributed by atoms with E-state index < -0.39 is 42.5 Å². The molecule has 0 aromatic carbocycles. The summed E-state index contributed by atoms with van der Waals surface area (Å²) < 4.78 is 0. The van der Waals surface area contributed by atoms with Crippen LogP contribution in [0.3, 0.4) is 0 Å². The summed E-state index contributed by atoms with van der Waals surface area (Å²) in [6, 6.07) is -3.58. The van der Waals surface area contributed by atoms with E-state index in [9.17, 15) is 19.2 Å². The van der Waals surface area contributed by atoms with Gasteiger partial charge in [0, 0.05) is 0 Å². The first kappa shape index (κ1) is 26.2. The first-order chi connectivity index (χ1) is 14.2. The number of nitrogens with one attached hydrogen (secondary N) is 4. The average molecular weight is 447 g/mol. The molecular formula is C19H34N4O6S. The standard InChI is InChI=1S/C19H34N4O6S/c1-4-11(2)15(23-16(25)12-6-5-8-20-12)18(27)21-13(7-9-30-3)17(26)22-14(10-24)19(28)29/h11-15,20,24H,4-10H2,1-3H3,(H,21,27)(H,22,26)(H,23,25)(H,28,29). The second kappa shape index (κ2) is 13.5. The molecule has 10 nitrogen and oxygen atoms in total. The predicted octanol–water partition coefficient (Wildman–Crippen LogP) is -0.931. The SMILES string of the molecule is CCC(C)C(NC(=O)C1CCCN1)C(=O)NC(CCSC)C(=O)NC(CO)C(=O)O. The van der Waals surface area contributed by atoms with Crippen molar-refractivity contribution in [2.45, 2.75) is 63.7 Å². The molecule has 0 radical (unpaired) electrons. The number of hydrogen-bond acceptors (Lipinski definition) is 7. The van der Waals surface area contributed by atoms with Crippen LogP contribution in [0.15, 0.2) is 0 Å². The summed E-state index contributed by atoms with van der Waals surface area (Å²) in [5.74, 6) is -2.40. The number of aliphatic carboxylic acids is 1. The largest absolute Gasteiger partial charge is 0.480 e. The maximum absolute atomic E-state index is 13.0. The van der Waals surface area contributed by atoms with Crippen LogP contribution < -0.4 is 21.3 Å². The van der Waals surface area contributed by atoms with Crippen molar-refractivity contribution in [1.29, 1.82) is 0 Å². The first-order valence-electron chi connectivity index (χ1n) is 10.2. The van der Waals surface area contributed by atoms with Crippen LogP contribution in [-0.4, -0.2) is 83.2 Å². The Kier molecular flexibility index (Phi) is 11.7. The summed E-state index contributed by atoms with van der Waals surface area (Å²) in [4.78, 5) is 49.1. The molecule has 6 N–H and O–H groups in total. The summed E-state index contributed by atoms with van der Waals surface area (Å²) in [6.45, 7) is 3.74. The molecule has 5 unspecified atom stereocenters. The Labute approximate surface area is 181 Å². The molecular weight excluding hydrogens is 412 g/mol. The fourth-order valence-corrected chi connectivity index (χ4v) is 3.56. The Morgan fingerprint density at radius 1 is 1.13 bits per heavy atom. The Hall–Kier alpha value is -1.85. The Balaban J connectivity index is 2.88. The highest BCUT2D eigenvalue weighted by Crippen LogP contribution is 2.12. The average Bonchev–Trinajstić information content (AvgIpc) is 3.26. The highest BCUT2D eigenvalue weighted by atomic mass is 32.2. The molecule has 172 valence electrons. The molecule has 1 heterocycles. The normalized spacial score (nSPS) is 19.9. The van der Waals surface area contributed by atoms with Gasteiger partial charge in [-0.1, -0.05) is 20.3 Å². The molecule has 1 aliphatic rings. The van der Waals surface area contributed by atoms with E-state index in [4.69, 9.17) is 10.2 Å². The van der Waals surface area contributed by atoms with E-state index in [2.05, 4.69) is 21.3 Å². The second-order valence-corrected chi connectivity index (χ2v) is 8.43. The van der Waals surface area contributed by atoms with Gasteiger partial charge in [-0.15, -0.1) is 0 Å². The molecule has 3 amide bonds. The van der Waals surface area contributed by atoms with Crippen LogP contribution in [0.4, 0.5) is 0 Å². The lowest BCUT2D eigenvalue weighted by atomic mass is 9.97. The van der Waals surface area contributed by atoms with Crippen molar-refractivity contribution in [3.63, 3.8) is 0 Å². The van der Waals surface area contributed by atoms with Crippen LogP contribution in [0.2, 0.25) is 0 Å². The van der Waals surface area contributed by atoms with Gasteiger partial charge in [-0.25, -0.2) is 4.79 Å². The van der Waals surface area contributed by atoms with E-state index in [0.29, 0.717) is 18.6 Å². The predicted molar refractivity (Wildman–Crippen MR) is 114 cm³/mol. The summed E-state index contributed by atoms with van der Waals surface area (Å²) in [6.07, 6.45) is 4.37. The fraction of sp³-hybridized carbons (Fsp3) is 0.789. The lowest BCUT2D eigenvalue weighted by molar-refractivity contribution is -0.143. The molecule has 0 aromatic rings. The topological polar surface area (TPSA) is 157 Å². The highest BCUT2D eigenvalue weighted by Gasteiger charge is 2.33. The van der Waals surface area contributed by atoms with Crippen LogP contribution in [0, 0.1) is 5.92 Å². The van der Waals surface area contributed by atoms with Gasteiger partial charge in [-0.3, -0.25) is 14.4 Å². The lowest BCUT2D eigenvalue weighted by Gasteiger charge is -2.27. The van der Waals surface area contributed by atoms with Gasteiger partial charge in [-0.05, 0) is 43.7 Å². The zero-order chi connectivity index (χ0) is 22.7. The number of carbonyl (C=O) groups is 4. The molecule has 0 aliphatic carbocycles. The monoisotopic (exact) mass is 446 g/mol. The maximum atomic E-state index is 13.0. The molecule has 0 spiro atoms. The van der Waals surface area contributed by atoms with Crippen molar-refractivity contribution >= 4 is 35.5 Å². The molecule has 1 fully saturated rings. The van der Waals surface area contributed by atoms with E-state index in [-0.39, 0.29) is 24.3 Å². The van der Waals surface area contributed by atoms with Gasteiger partial charge in [0.2, 0.25) is 17.7 Å². The van der Waals surface area contributed by atoms with E-state index in [1.54, 1.807) is 0 Å². The molecule has 11 heteroatoms. The van der Waals surface area contributed by atoms with Crippen LogP contribution in [0.25, 0.3) is 0 Å². The minimum Gasteiger partial charge on any atom is -0.480 e. The zero-order valence-corrected chi connectivity index (χ0v) is 18.6. The quantitative estimate of drug-likeness (QED) is 0.212. The number of aliphatic hydroxyl groups is 1. The highest BCUT2D eigenvalue weighted by molar-refractivity contribution is 7.98. The number of thioether (sulfide) groups is 1. The summed E-state index contributed by atoms with van der Waals surface area (Å²) in [5.41, 5.74) is 0. The van der Waals surface area contributed by atoms with Crippen LogP contribution in [-0.2, 0) is 19.2 Å². The van der Waals surface area contributed by atoms with Crippen molar-refractivity contribution < 1.29 is 29.4 Å². The van der Waals surface area contributed by atoms with E-state index in [1.807, 2.05) is 20.1 Å². The van der Waals surface area contributed by atoms with E-state index in [0.717, 1.165) is 13.0 Å². The third-order valence-corrected chi connectivity index (χ3v) is 5.85. The number of aliphatic hydroxyl groups excluding tert-OH is 1. The maximum Gasteiger partial charge on any atom is 0.328 e. The minimum atomic E-state index is -1.45. The molecule has 30 heavy (non-hydrogen) atoms. The minimum absolute atomic E-state index is 0.163.